The summed E-state index contributed by atoms with van der Waals surface area (Å²) in [5.74, 6) is 6.55. The van der Waals surface area contributed by atoms with Crippen molar-refractivity contribution in [2.24, 2.45) is 0 Å². The number of aromatic nitrogens is 1. The van der Waals surface area contributed by atoms with Gasteiger partial charge in [-0.3, -0.25) is 4.79 Å². The standard InChI is InChI=1S/C12H13NO2S/c1-10(15)16-8-3-2-5-11-6-4-7-12(9-14)13-11/h4,6-7,14H,3,8-9H2,1H3. The van der Waals surface area contributed by atoms with Crippen LogP contribution in [0.5, 0.6) is 0 Å². The summed E-state index contributed by atoms with van der Waals surface area (Å²) in [6.07, 6.45) is 0.662. The molecule has 4 heteroatoms. The predicted octanol–water partition coefficient (Wildman–Crippen LogP) is 1.60. The second-order valence-electron chi connectivity index (χ2n) is 3.06. The first-order valence-corrected chi connectivity index (χ1v) is 5.90. The maximum Gasteiger partial charge on any atom is 0.185 e. The highest BCUT2D eigenvalue weighted by Crippen LogP contribution is 2.02. The molecular formula is C12H13NO2S. The fraction of sp³-hybridized carbons (Fsp3) is 0.333. The first-order valence-electron chi connectivity index (χ1n) is 4.91. The second-order valence-corrected chi connectivity index (χ2v) is 4.34. The van der Waals surface area contributed by atoms with E-state index in [1.807, 2.05) is 6.07 Å². The van der Waals surface area contributed by atoms with Crippen molar-refractivity contribution in [2.75, 3.05) is 5.75 Å². The first-order chi connectivity index (χ1) is 7.72. The molecule has 0 spiro atoms. The van der Waals surface area contributed by atoms with E-state index >= 15 is 0 Å². The molecule has 0 aliphatic rings. The lowest BCUT2D eigenvalue weighted by Crippen LogP contribution is -1.91. The Bertz CT molecular complexity index is 421. The van der Waals surface area contributed by atoms with Gasteiger partial charge < -0.3 is 5.11 Å². The van der Waals surface area contributed by atoms with Crippen LogP contribution in [0.4, 0.5) is 0 Å². The van der Waals surface area contributed by atoms with Gasteiger partial charge >= 0.3 is 0 Å². The summed E-state index contributed by atoms with van der Waals surface area (Å²) in [4.78, 5) is 14.8. The van der Waals surface area contributed by atoms with Crippen LogP contribution in [0.1, 0.15) is 24.7 Å². The third-order valence-corrected chi connectivity index (χ3v) is 2.53. The molecule has 0 radical (unpaired) electrons. The number of nitrogens with zero attached hydrogens (tertiary/aromatic N) is 1. The molecule has 0 bridgehead atoms. The lowest BCUT2D eigenvalue weighted by molar-refractivity contribution is -0.109. The topological polar surface area (TPSA) is 50.2 Å². The molecule has 0 unspecified atom stereocenters. The van der Waals surface area contributed by atoms with Crippen LogP contribution in [0.15, 0.2) is 18.2 Å². The number of hydrogen-bond acceptors (Lipinski definition) is 4. The number of aliphatic hydroxyl groups excluding tert-OH is 1. The molecule has 1 rings (SSSR count). The van der Waals surface area contributed by atoms with Gasteiger partial charge in [0.15, 0.2) is 5.12 Å². The van der Waals surface area contributed by atoms with Crippen molar-refractivity contribution >= 4 is 16.9 Å². The Kier molecular flexibility index (Phi) is 5.62. The molecule has 0 amide bonds. The molecule has 0 aliphatic heterocycles. The Labute approximate surface area is 99.3 Å². The SMILES string of the molecule is CC(=O)SCCC#Cc1cccc(CO)n1. The minimum atomic E-state index is -0.0737. The highest BCUT2D eigenvalue weighted by atomic mass is 32.2. The maximum atomic E-state index is 10.6. The van der Waals surface area contributed by atoms with Gasteiger partial charge in [0.1, 0.15) is 5.69 Å². The minimum Gasteiger partial charge on any atom is -0.390 e. The van der Waals surface area contributed by atoms with Crippen LogP contribution < -0.4 is 0 Å². The van der Waals surface area contributed by atoms with E-state index < -0.39 is 0 Å². The fourth-order valence-electron chi connectivity index (χ4n) is 1.04. The lowest BCUT2D eigenvalue weighted by atomic mass is 10.3. The Balaban J connectivity index is 2.46. The third kappa shape index (κ3) is 4.96. The summed E-state index contributed by atoms with van der Waals surface area (Å²) in [7, 11) is 0. The van der Waals surface area contributed by atoms with Crippen molar-refractivity contribution in [2.45, 2.75) is 20.0 Å². The highest BCUT2D eigenvalue weighted by molar-refractivity contribution is 8.13. The van der Waals surface area contributed by atoms with Crippen LogP contribution in [0.25, 0.3) is 0 Å². The predicted molar refractivity (Wildman–Crippen MR) is 64.8 cm³/mol. The molecule has 0 atom stereocenters. The van der Waals surface area contributed by atoms with E-state index in [0.717, 1.165) is 0 Å². The summed E-state index contributed by atoms with van der Waals surface area (Å²) < 4.78 is 0. The van der Waals surface area contributed by atoms with E-state index in [1.54, 1.807) is 19.1 Å². The second kappa shape index (κ2) is 7.04. The zero-order valence-corrected chi connectivity index (χ0v) is 9.88. The van der Waals surface area contributed by atoms with Crippen LogP contribution >= 0.6 is 11.8 Å². The third-order valence-electron chi connectivity index (χ3n) is 1.72. The van der Waals surface area contributed by atoms with Crippen molar-refractivity contribution < 1.29 is 9.90 Å². The Morgan fingerprint density at radius 2 is 2.38 bits per heavy atom. The van der Waals surface area contributed by atoms with Crippen LogP contribution in [0, 0.1) is 11.8 Å². The molecule has 0 fully saturated rings. The number of pyridine rings is 1. The van der Waals surface area contributed by atoms with Crippen molar-refractivity contribution in [3.05, 3.63) is 29.6 Å². The normalized spacial score (nSPS) is 9.38. The maximum absolute atomic E-state index is 10.6. The average Bonchev–Trinajstić information content (AvgIpc) is 2.28. The van der Waals surface area contributed by atoms with Gasteiger partial charge in [0.05, 0.1) is 12.3 Å². The number of rotatable bonds is 3. The quantitative estimate of drug-likeness (QED) is 0.638. The molecule has 0 saturated carbocycles. The van der Waals surface area contributed by atoms with E-state index in [2.05, 4.69) is 16.8 Å². The largest absolute Gasteiger partial charge is 0.390 e. The van der Waals surface area contributed by atoms with Gasteiger partial charge in [-0.25, -0.2) is 4.98 Å². The number of thioether (sulfide) groups is 1. The summed E-state index contributed by atoms with van der Waals surface area (Å²) in [5.41, 5.74) is 1.27. The van der Waals surface area contributed by atoms with Gasteiger partial charge in [0.25, 0.3) is 0 Å². The number of carbonyl (C=O) groups excluding carboxylic acids is 1. The first kappa shape index (κ1) is 12.8. The van der Waals surface area contributed by atoms with E-state index in [-0.39, 0.29) is 11.7 Å². The van der Waals surface area contributed by atoms with Crippen LogP contribution in [-0.2, 0) is 11.4 Å². The Hall–Kier alpha value is -1.31. The highest BCUT2D eigenvalue weighted by Gasteiger charge is 1.93. The van der Waals surface area contributed by atoms with Crippen LogP contribution in [0.3, 0.4) is 0 Å². The molecule has 1 aromatic rings. The summed E-state index contributed by atoms with van der Waals surface area (Å²) in [5, 5.41) is 8.99. The number of aliphatic hydroxyl groups is 1. The van der Waals surface area contributed by atoms with Crippen molar-refractivity contribution in [3.63, 3.8) is 0 Å². The monoisotopic (exact) mass is 235 g/mol. The molecule has 84 valence electrons. The number of hydrogen-bond donors (Lipinski definition) is 1. The number of carbonyl (C=O) groups is 1. The van der Waals surface area contributed by atoms with Gasteiger partial charge in [-0.15, -0.1) is 0 Å². The smallest absolute Gasteiger partial charge is 0.185 e. The molecular weight excluding hydrogens is 222 g/mol. The average molecular weight is 235 g/mol. The molecule has 0 aliphatic carbocycles. The van der Waals surface area contributed by atoms with Gasteiger partial charge in [0.2, 0.25) is 0 Å². The van der Waals surface area contributed by atoms with E-state index in [0.29, 0.717) is 23.6 Å². The van der Waals surface area contributed by atoms with E-state index in [4.69, 9.17) is 5.11 Å². The van der Waals surface area contributed by atoms with Gasteiger partial charge in [-0.2, -0.15) is 0 Å². The van der Waals surface area contributed by atoms with E-state index in [1.165, 1.54) is 11.8 Å². The van der Waals surface area contributed by atoms with Crippen molar-refractivity contribution in [1.29, 1.82) is 0 Å². The van der Waals surface area contributed by atoms with Crippen molar-refractivity contribution in [3.8, 4) is 11.8 Å². The molecule has 0 aromatic carbocycles. The Morgan fingerprint density at radius 3 is 3.06 bits per heavy atom. The molecule has 3 nitrogen and oxygen atoms in total. The molecule has 1 N–H and O–H groups in total. The molecule has 0 saturated heterocycles. The summed E-state index contributed by atoms with van der Waals surface area (Å²) in [6, 6.07) is 5.36. The zero-order chi connectivity index (χ0) is 11.8. The van der Waals surface area contributed by atoms with Crippen molar-refractivity contribution in [1.82, 2.24) is 4.98 Å². The van der Waals surface area contributed by atoms with Gasteiger partial charge in [-0.05, 0) is 18.1 Å². The van der Waals surface area contributed by atoms with Gasteiger partial charge in [-0.1, -0.05) is 23.7 Å². The minimum absolute atomic E-state index is 0.0737. The molecule has 16 heavy (non-hydrogen) atoms. The summed E-state index contributed by atoms with van der Waals surface area (Å²) in [6.45, 7) is 1.47. The fourth-order valence-corrected chi connectivity index (χ4v) is 1.53. The Morgan fingerprint density at radius 1 is 1.56 bits per heavy atom. The molecule has 1 heterocycles. The molecule has 1 aromatic heterocycles. The van der Waals surface area contributed by atoms with Crippen LogP contribution in [0.2, 0.25) is 0 Å². The summed E-state index contributed by atoms with van der Waals surface area (Å²) >= 11 is 1.27. The lowest BCUT2D eigenvalue weighted by Gasteiger charge is -1.94. The zero-order valence-electron chi connectivity index (χ0n) is 9.06. The van der Waals surface area contributed by atoms with E-state index in [9.17, 15) is 4.79 Å². The van der Waals surface area contributed by atoms with Crippen LogP contribution in [-0.4, -0.2) is 21.0 Å². The van der Waals surface area contributed by atoms with Gasteiger partial charge in [0, 0.05) is 19.1 Å².